The maximum atomic E-state index is 5.87. The third-order valence-corrected chi connectivity index (χ3v) is 2.27. The fourth-order valence-electron chi connectivity index (χ4n) is 0.914. The summed E-state index contributed by atoms with van der Waals surface area (Å²) in [6.07, 6.45) is 3.58. The zero-order valence-corrected chi connectivity index (χ0v) is 7.83. The van der Waals surface area contributed by atoms with Crippen molar-refractivity contribution in [1.82, 2.24) is 15.0 Å². The van der Waals surface area contributed by atoms with Gasteiger partial charge in [-0.25, -0.2) is 4.98 Å². The molecule has 0 radical (unpaired) electrons. The van der Waals surface area contributed by atoms with Crippen molar-refractivity contribution in [3.8, 4) is 0 Å². The van der Waals surface area contributed by atoms with Crippen LogP contribution in [0.3, 0.4) is 0 Å². The van der Waals surface area contributed by atoms with Gasteiger partial charge in [0.2, 0.25) is 5.52 Å². The minimum Gasteiger partial charge on any atom is -0.271 e. The molecule has 0 saturated carbocycles. The number of hydrogen-bond acceptors (Lipinski definition) is 3. The maximum absolute atomic E-state index is 5.87. The molecule has 0 saturated heterocycles. The normalized spacial score (nSPS) is 10.8. The Morgan fingerprint density at radius 1 is 1.58 bits per heavy atom. The molecule has 0 bridgehead atoms. The Bertz CT molecular complexity index is 413. The maximum Gasteiger partial charge on any atom is 0.305 e. The number of aromatic nitrogens is 4. The highest BCUT2D eigenvalue weighted by Crippen LogP contribution is 2.18. The van der Waals surface area contributed by atoms with Crippen LogP contribution in [0.2, 0.25) is 5.15 Å². The molecule has 0 aliphatic heterocycles. The topological polar surface area (TPSA) is 55.7 Å². The van der Waals surface area contributed by atoms with Crippen LogP contribution in [-0.2, 0) is 0 Å². The lowest BCUT2D eigenvalue weighted by atomic mass is 10.6. The molecule has 0 aliphatic carbocycles. The zero-order valence-electron chi connectivity index (χ0n) is 6.26. The molecule has 6 heteroatoms. The van der Waals surface area contributed by atoms with Crippen LogP contribution in [0.25, 0.3) is 11.2 Å². The highest BCUT2D eigenvalue weighted by atomic mass is 35.5. The second-order valence-corrected chi connectivity index (χ2v) is 3.29. The minimum atomic E-state index is 0.450. The van der Waals surface area contributed by atoms with Crippen molar-refractivity contribution in [1.29, 1.82) is 0 Å². The zero-order chi connectivity index (χ0) is 8.55. The Morgan fingerprint density at radius 3 is 3.17 bits per heavy atom. The van der Waals surface area contributed by atoms with Gasteiger partial charge in [-0.2, -0.15) is 4.98 Å². The fraction of sp³-hybridized carbons (Fsp3) is 0.167. The van der Waals surface area contributed by atoms with E-state index in [9.17, 15) is 0 Å². The molecule has 0 unspecified atom stereocenters. The van der Waals surface area contributed by atoms with Crippen molar-refractivity contribution >= 4 is 34.5 Å². The molecule has 2 aromatic rings. The number of imidazole rings is 1. The van der Waals surface area contributed by atoms with E-state index in [4.69, 9.17) is 11.6 Å². The lowest BCUT2D eigenvalue weighted by Gasteiger charge is -1.89. The predicted molar refractivity (Wildman–Crippen MR) is 47.2 cm³/mol. The van der Waals surface area contributed by atoms with Crippen LogP contribution >= 0.6 is 23.4 Å². The van der Waals surface area contributed by atoms with Gasteiger partial charge in [-0.15, -0.1) is 0 Å². The van der Waals surface area contributed by atoms with E-state index >= 15 is 0 Å². The second-order valence-electron chi connectivity index (χ2n) is 2.16. The predicted octanol–water partition coefficient (Wildman–Crippen LogP) is 1.15. The molecule has 12 heavy (non-hydrogen) atoms. The summed E-state index contributed by atoms with van der Waals surface area (Å²) in [7, 11) is 0. The monoisotopic (exact) mass is 201 g/mol. The first-order valence-corrected chi connectivity index (χ1v) is 4.88. The molecule has 0 aliphatic rings. The number of nitrogens with one attached hydrogen (secondary N) is 2. The highest BCUT2D eigenvalue weighted by molar-refractivity contribution is 7.98. The van der Waals surface area contributed by atoms with Gasteiger partial charge in [-0.05, 0) is 6.26 Å². The van der Waals surface area contributed by atoms with E-state index in [2.05, 4.69) is 19.9 Å². The van der Waals surface area contributed by atoms with Crippen LogP contribution < -0.4 is 4.98 Å². The van der Waals surface area contributed by atoms with E-state index in [-0.39, 0.29) is 0 Å². The Hall–Kier alpha value is -0.810. The van der Waals surface area contributed by atoms with Crippen molar-refractivity contribution in [2.24, 2.45) is 0 Å². The SMILES string of the molecule is CSc1nc(Cl)c2[nH]c[nH+]c2n1. The van der Waals surface area contributed by atoms with Crippen molar-refractivity contribution in [2.45, 2.75) is 5.16 Å². The molecule has 2 N–H and O–H groups in total. The van der Waals surface area contributed by atoms with Gasteiger partial charge in [0.05, 0.1) is 0 Å². The van der Waals surface area contributed by atoms with E-state index in [1.165, 1.54) is 11.8 Å². The van der Waals surface area contributed by atoms with Gasteiger partial charge < -0.3 is 0 Å². The minimum absolute atomic E-state index is 0.450. The number of aromatic amines is 2. The average Bonchev–Trinajstić information content (AvgIpc) is 2.52. The van der Waals surface area contributed by atoms with Gasteiger partial charge in [0.15, 0.2) is 11.5 Å². The van der Waals surface area contributed by atoms with Gasteiger partial charge in [0.25, 0.3) is 5.16 Å². The van der Waals surface area contributed by atoms with Gasteiger partial charge in [0, 0.05) is 0 Å². The van der Waals surface area contributed by atoms with E-state index in [1.54, 1.807) is 6.33 Å². The summed E-state index contributed by atoms with van der Waals surface area (Å²) in [5, 5.41) is 1.12. The largest absolute Gasteiger partial charge is 0.305 e. The Morgan fingerprint density at radius 2 is 2.42 bits per heavy atom. The summed E-state index contributed by atoms with van der Waals surface area (Å²) in [4.78, 5) is 14.1. The average molecular weight is 202 g/mol. The Labute approximate surface area is 77.8 Å². The standard InChI is InChI=1S/C6H5ClN4S/c1-12-6-10-4(7)3-5(11-6)9-2-8-3/h2H,1H3,(H,8,9,10,11)/p+1. The lowest BCUT2D eigenvalue weighted by molar-refractivity contribution is -0.347. The van der Waals surface area contributed by atoms with Crippen molar-refractivity contribution in [2.75, 3.05) is 6.26 Å². The van der Waals surface area contributed by atoms with Crippen molar-refractivity contribution < 1.29 is 4.98 Å². The molecule has 2 aromatic heterocycles. The van der Waals surface area contributed by atoms with E-state index in [0.29, 0.717) is 10.3 Å². The van der Waals surface area contributed by atoms with Crippen LogP contribution in [0.15, 0.2) is 11.5 Å². The quantitative estimate of drug-likeness (QED) is 0.428. The van der Waals surface area contributed by atoms with Gasteiger partial charge in [-0.3, -0.25) is 4.98 Å². The number of halogens is 1. The number of hydrogen-bond donors (Lipinski definition) is 1. The highest BCUT2D eigenvalue weighted by Gasteiger charge is 2.12. The second kappa shape index (κ2) is 2.91. The van der Waals surface area contributed by atoms with Crippen molar-refractivity contribution in [3.05, 3.63) is 11.5 Å². The first-order chi connectivity index (χ1) is 5.81. The van der Waals surface area contributed by atoms with Gasteiger partial charge in [-0.1, -0.05) is 28.3 Å². The first-order valence-electron chi connectivity index (χ1n) is 3.27. The summed E-state index contributed by atoms with van der Waals surface area (Å²) >= 11 is 7.33. The fourth-order valence-corrected chi connectivity index (χ4v) is 1.55. The third kappa shape index (κ3) is 1.15. The Balaban J connectivity index is 2.75. The molecule has 4 nitrogen and oxygen atoms in total. The molecule has 0 aromatic carbocycles. The molecule has 0 spiro atoms. The number of rotatable bonds is 1. The smallest absolute Gasteiger partial charge is 0.271 e. The number of H-pyrrole nitrogens is 2. The van der Waals surface area contributed by atoms with Gasteiger partial charge in [0.1, 0.15) is 0 Å². The molecule has 62 valence electrons. The molecule has 2 rings (SSSR count). The van der Waals surface area contributed by atoms with Crippen LogP contribution in [-0.4, -0.2) is 21.2 Å². The van der Waals surface area contributed by atoms with E-state index < -0.39 is 0 Å². The number of fused-ring (bicyclic) bond motifs is 1. The Kier molecular flexibility index (Phi) is 1.90. The first kappa shape index (κ1) is 7.82. The van der Waals surface area contributed by atoms with Crippen molar-refractivity contribution in [3.63, 3.8) is 0 Å². The number of thioether (sulfide) groups is 1. The molecule has 0 fully saturated rings. The molecular weight excluding hydrogens is 196 g/mol. The van der Waals surface area contributed by atoms with Crippen LogP contribution in [0.4, 0.5) is 0 Å². The van der Waals surface area contributed by atoms with Crippen LogP contribution in [0.1, 0.15) is 0 Å². The van der Waals surface area contributed by atoms with E-state index in [0.717, 1.165) is 11.2 Å². The summed E-state index contributed by atoms with van der Waals surface area (Å²) in [6.45, 7) is 0. The summed E-state index contributed by atoms with van der Waals surface area (Å²) in [5.74, 6) is 0. The van der Waals surface area contributed by atoms with Gasteiger partial charge >= 0.3 is 5.65 Å². The van der Waals surface area contributed by atoms with Crippen LogP contribution in [0, 0.1) is 0 Å². The summed E-state index contributed by atoms with van der Waals surface area (Å²) in [5.41, 5.74) is 1.48. The lowest BCUT2D eigenvalue weighted by Crippen LogP contribution is -1.99. The molecule has 0 amide bonds. The molecule has 0 atom stereocenters. The van der Waals surface area contributed by atoms with E-state index in [1.807, 2.05) is 6.26 Å². The summed E-state index contributed by atoms with van der Waals surface area (Å²) < 4.78 is 0. The molecule has 2 heterocycles. The number of nitrogens with zero attached hydrogens (tertiary/aromatic N) is 2. The van der Waals surface area contributed by atoms with Crippen LogP contribution in [0.5, 0.6) is 0 Å². The summed E-state index contributed by atoms with van der Waals surface area (Å²) in [6, 6.07) is 0. The third-order valence-electron chi connectivity index (χ3n) is 1.45. The molecular formula is C6H6ClN4S+.